The third-order valence-electron chi connectivity index (χ3n) is 5.06. The molecule has 1 amide bonds. The van der Waals surface area contributed by atoms with Gasteiger partial charge >= 0.3 is 0 Å². The van der Waals surface area contributed by atoms with Crippen LogP contribution in [0.3, 0.4) is 0 Å². The highest BCUT2D eigenvalue weighted by Crippen LogP contribution is 2.32. The summed E-state index contributed by atoms with van der Waals surface area (Å²) >= 11 is 5.87. The fourth-order valence-electron chi connectivity index (χ4n) is 3.76. The first kappa shape index (κ1) is 17.5. The SMILES string of the molecule is O=C(C1CCCN1S(=O)(=O)c1ccc(Cl)cc1)N1CCc2ccccc21. The van der Waals surface area contributed by atoms with Gasteiger partial charge in [0.25, 0.3) is 0 Å². The van der Waals surface area contributed by atoms with Crippen molar-refractivity contribution in [3.63, 3.8) is 0 Å². The molecule has 0 N–H and O–H groups in total. The maximum absolute atomic E-state index is 13.2. The summed E-state index contributed by atoms with van der Waals surface area (Å²) in [4.78, 5) is 15.1. The summed E-state index contributed by atoms with van der Waals surface area (Å²) in [5.41, 5.74) is 2.03. The Morgan fingerprint density at radius 1 is 1.04 bits per heavy atom. The van der Waals surface area contributed by atoms with E-state index in [0.717, 1.165) is 17.7 Å². The fraction of sp³-hybridized carbons (Fsp3) is 0.316. The zero-order valence-corrected chi connectivity index (χ0v) is 15.7. The number of fused-ring (bicyclic) bond motifs is 1. The molecule has 0 aromatic heterocycles. The summed E-state index contributed by atoms with van der Waals surface area (Å²) in [5, 5.41) is 0.478. The van der Waals surface area contributed by atoms with E-state index in [4.69, 9.17) is 11.6 Å². The lowest BCUT2D eigenvalue weighted by Crippen LogP contribution is -2.47. The lowest BCUT2D eigenvalue weighted by Gasteiger charge is -2.27. The van der Waals surface area contributed by atoms with Gasteiger partial charge in [-0.15, -0.1) is 0 Å². The maximum Gasteiger partial charge on any atom is 0.245 e. The first-order valence-electron chi connectivity index (χ1n) is 8.65. The number of hydrogen-bond donors (Lipinski definition) is 0. The van der Waals surface area contributed by atoms with Crippen LogP contribution in [0.4, 0.5) is 5.69 Å². The molecule has 2 aliphatic heterocycles. The van der Waals surface area contributed by atoms with Crippen molar-refractivity contribution < 1.29 is 13.2 Å². The van der Waals surface area contributed by atoms with E-state index in [-0.39, 0.29) is 10.8 Å². The minimum absolute atomic E-state index is 0.134. The second-order valence-corrected chi connectivity index (χ2v) is 8.92. The van der Waals surface area contributed by atoms with Gasteiger partial charge in [-0.05, 0) is 55.2 Å². The van der Waals surface area contributed by atoms with Gasteiger partial charge in [0.05, 0.1) is 4.90 Å². The van der Waals surface area contributed by atoms with Crippen LogP contribution in [0.25, 0.3) is 0 Å². The second kappa shape index (κ2) is 6.68. The Labute approximate surface area is 158 Å². The van der Waals surface area contributed by atoms with Crippen molar-refractivity contribution in [2.45, 2.75) is 30.2 Å². The monoisotopic (exact) mass is 390 g/mol. The molecule has 2 heterocycles. The molecule has 7 heteroatoms. The smallest absolute Gasteiger partial charge is 0.245 e. The largest absolute Gasteiger partial charge is 0.310 e. The lowest BCUT2D eigenvalue weighted by atomic mass is 10.1. The summed E-state index contributed by atoms with van der Waals surface area (Å²) in [6.07, 6.45) is 2.03. The number of rotatable bonds is 3. The molecule has 1 unspecified atom stereocenters. The molecule has 2 aromatic rings. The number of carbonyl (C=O) groups excluding carboxylic acids is 1. The molecule has 0 aliphatic carbocycles. The minimum atomic E-state index is -3.73. The van der Waals surface area contributed by atoms with Crippen molar-refractivity contribution in [3.05, 3.63) is 59.1 Å². The summed E-state index contributed by atoms with van der Waals surface area (Å²) in [7, 11) is -3.73. The van der Waals surface area contributed by atoms with Crippen LogP contribution in [0.15, 0.2) is 53.4 Å². The van der Waals surface area contributed by atoms with Gasteiger partial charge in [-0.1, -0.05) is 29.8 Å². The summed E-state index contributed by atoms with van der Waals surface area (Å²) in [6, 6.07) is 13.2. The van der Waals surface area contributed by atoms with E-state index in [9.17, 15) is 13.2 Å². The van der Waals surface area contributed by atoms with Crippen LogP contribution >= 0.6 is 11.6 Å². The highest BCUT2D eigenvalue weighted by molar-refractivity contribution is 7.89. The Hall–Kier alpha value is -1.89. The van der Waals surface area contributed by atoms with Crippen molar-refractivity contribution in [1.29, 1.82) is 0 Å². The molecule has 1 saturated heterocycles. The molecule has 0 bridgehead atoms. The third kappa shape index (κ3) is 2.92. The molecular formula is C19H19ClN2O3S. The molecule has 0 radical (unpaired) electrons. The number of halogens is 1. The zero-order chi connectivity index (χ0) is 18.3. The van der Waals surface area contributed by atoms with Crippen LogP contribution in [-0.2, 0) is 21.2 Å². The van der Waals surface area contributed by atoms with Crippen molar-refractivity contribution in [2.24, 2.45) is 0 Å². The van der Waals surface area contributed by atoms with E-state index in [1.54, 1.807) is 17.0 Å². The highest BCUT2D eigenvalue weighted by Gasteiger charge is 2.42. The van der Waals surface area contributed by atoms with Gasteiger partial charge in [-0.2, -0.15) is 4.31 Å². The number of carbonyl (C=O) groups is 1. The maximum atomic E-state index is 13.2. The third-order valence-corrected chi connectivity index (χ3v) is 7.24. The molecule has 1 fully saturated rings. The number of hydrogen-bond acceptors (Lipinski definition) is 3. The van der Waals surface area contributed by atoms with Crippen LogP contribution < -0.4 is 4.90 Å². The molecule has 26 heavy (non-hydrogen) atoms. The number of amides is 1. The molecule has 0 spiro atoms. The highest BCUT2D eigenvalue weighted by atomic mass is 35.5. The van der Waals surface area contributed by atoms with Gasteiger partial charge in [0.2, 0.25) is 15.9 Å². The van der Waals surface area contributed by atoms with Gasteiger partial charge in [-0.3, -0.25) is 4.79 Å². The Balaban J connectivity index is 1.63. The molecule has 136 valence electrons. The van der Waals surface area contributed by atoms with Crippen molar-refractivity contribution in [1.82, 2.24) is 4.31 Å². The summed E-state index contributed by atoms with van der Waals surface area (Å²) in [5.74, 6) is -0.134. The Morgan fingerprint density at radius 2 is 1.77 bits per heavy atom. The molecular weight excluding hydrogens is 372 g/mol. The lowest BCUT2D eigenvalue weighted by molar-refractivity contribution is -0.121. The van der Waals surface area contributed by atoms with Gasteiger partial charge in [0, 0.05) is 23.8 Å². The number of sulfonamides is 1. The Bertz CT molecular complexity index is 944. The topological polar surface area (TPSA) is 57.7 Å². The predicted molar refractivity (Wildman–Crippen MR) is 101 cm³/mol. The normalized spacial score (nSPS) is 20.3. The van der Waals surface area contributed by atoms with E-state index in [1.807, 2.05) is 24.3 Å². The van der Waals surface area contributed by atoms with E-state index >= 15 is 0 Å². The Kier molecular flexibility index (Phi) is 4.50. The quantitative estimate of drug-likeness (QED) is 0.809. The number of anilines is 1. The standard InChI is InChI=1S/C19H19ClN2O3S/c20-15-7-9-16(10-8-15)26(24,25)22-12-3-6-18(22)19(23)21-13-11-14-4-1-2-5-17(14)21/h1-2,4-5,7-10,18H,3,6,11-13H2. The Morgan fingerprint density at radius 3 is 2.54 bits per heavy atom. The molecule has 2 aliphatic rings. The van der Waals surface area contributed by atoms with Crippen molar-refractivity contribution in [3.8, 4) is 0 Å². The zero-order valence-electron chi connectivity index (χ0n) is 14.1. The summed E-state index contributed by atoms with van der Waals surface area (Å²) < 4.78 is 27.4. The predicted octanol–water partition coefficient (Wildman–Crippen LogP) is 3.08. The average molecular weight is 391 g/mol. The number of para-hydroxylation sites is 1. The van der Waals surface area contributed by atoms with Crippen molar-refractivity contribution >= 4 is 33.2 Å². The van der Waals surface area contributed by atoms with Gasteiger partial charge in [0.15, 0.2) is 0 Å². The van der Waals surface area contributed by atoms with Gasteiger partial charge in [0.1, 0.15) is 6.04 Å². The van der Waals surface area contributed by atoms with E-state index < -0.39 is 16.1 Å². The van der Waals surface area contributed by atoms with E-state index in [2.05, 4.69) is 0 Å². The molecule has 5 nitrogen and oxygen atoms in total. The minimum Gasteiger partial charge on any atom is -0.310 e. The van der Waals surface area contributed by atoms with Gasteiger partial charge in [-0.25, -0.2) is 8.42 Å². The van der Waals surface area contributed by atoms with Gasteiger partial charge < -0.3 is 4.90 Å². The molecule has 1 atom stereocenters. The summed E-state index contributed by atoms with van der Waals surface area (Å²) in [6.45, 7) is 0.959. The van der Waals surface area contributed by atoms with Crippen LogP contribution in [0, 0.1) is 0 Å². The number of benzene rings is 2. The van der Waals surface area contributed by atoms with Crippen LogP contribution in [0.2, 0.25) is 5.02 Å². The first-order valence-corrected chi connectivity index (χ1v) is 10.5. The fourth-order valence-corrected chi connectivity index (χ4v) is 5.54. The van der Waals surface area contributed by atoms with Crippen molar-refractivity contribution in [2.75, 3.05) is 18.0 Å². The van der Waals surface area contributed by atoms with E-state index in [1.165, 1.54) is 16.4 Å². The van der Waals surface area contributed by atoms with E-state index in [0.29, 0.717) is 31.0 Å². The van der Waals surface area contributed by atoms with Crippen LogP contribution in [0.1, 0.15) is 18.4 Å². The number of nitrogens with zero attached hydrogens (tertiary/aromatic N) is 2. The second-order valence-electron chi connectivity index (χ2n) is 6.60. The average Bonchev–Trinajstić information content (AvgIpc) is 3.29. The molecule has 4 rings (SSSR count). The molecule has 2 aromatic carbocycles. The van der Waals surface area contributed by atoms with Crippen LogP contribution in [0.5, 0.6) is 0 Å². The molecule has 0 saturated carbocycles. The van der Waals surface area contributed by atoms with Crippen LogP contribution in [-0.4, -0.2) is 37.8 Å². The first-order chi connectivity index (χ1) is 12.5.